The van der Waals surface area contributed by atoms with Crippen molar-refractivity contribution < 1.29 is 9.59 Å². The van der Waals surface area contributed by atoms with Gasteiger partial charge in [0.15, 0.2) is 5.11 Å². The number of nitrogens with one attached hydrogen (secondary N) is 1. The van der Waals surface area contributed by atoms with Gasteiger partial charge in [-0.3, -0.25) is 19.8 Å². The first-order valence-electron chi connectivity index (χ1n) is 8.24. The molecule has 1 saturated heterocycles. The van der Waals surface area contributed by atoms with E-state index in [1.807, 2.05) is 24.3 Å². The molecule has 138 valence electrons. The van der Waals surface area contributed by atoms with Gasteiger partial charge in [-0.1, -0.05) is 61.3 Å². The Labute approximate surface area is 172 Å². The summed E-state index contributed by atoms with van der Waals surface area (Å²) in [5.74, 6) is -0.689. The van der Waals surface area contributed by atoms with Gasteiger partial charge in [-0.2, -0.15) is 0 Å². The van der Waals surface area contributed by atoms with E-state index in [1.165, 1.54) is 16.5 Å². The fourth-order valence-corrected chi connectivity index (χ4v) is 3.45. The number of halogens is 2. The van der Waals surface area contributed by atoms with Crippen molar-refractivity contribution in [2.45, 2.75) is 19.8 Å². The fourth-order valence-electron chi connectivity index (χ4n) is 2.68. The highest BCUT2D eigenvalue weighted by Crippen LogP contribution is 2.31. The molecule has 27 heavy (non-hydrogen) atoms. The molecule has 0 radical (unpaired) electrons. The largest absolute Gasteiger partial charge is 0.298 e. The maximum Gasteiger partial charge on any atom is 0.270 e. The highest BCUT2D eigenvalue weighted by molar-refractivity contribution is 7.80. The molecule has 4 nitrogen and oxygen atoms in total. The van der Waals surface area contributed by atoms with Crippen LogP contribution in [0.1, 0.15) is 30.9 Å². The SMILES string of the molecule is CC(C)c1ccc(/C=C2/C(=O)NC(=S)N(c3ccc(Cl)cc3Cl)C2=O)cc1. The average molecular weight is 419 g/mol. The van der Waals surface area contributed by atoms with E-state index in [-0.39, 0.29) is 15.7 Å². The van der Waals surface area contributed by atoms with E-state index in [9.17, 15) is 9.59 Å². The van der Waals surface area contributed by atoms with E-state index in [1.54, 1.807) is 18.2 Å². The van der Waals surface area contributed by atoms with Gasteiger partial charge < -0.3 is 0 Å². The molecule has 2 aromatic rings. The van der Waals surface area contributed by atoms with E-state index in [0.29, 0.717) is 16.6 Å². The summed E-state index contributed by atoms with van der Waals surface area (Å²) in [6.07, 6.45) is 1.54. The smallest absolute Gasteiger partial charge is 0.270 e. The molecule has 0 unspecified atom stereocenters. The number of rotatable bonds is 3. The van der Waals surface area contributed by atoms with Crippen LogP contribution in [0.2, 0.25) is 10.0 Å². The lowest BCUT2D eigenvalue weighted by Crippen LogP contribution is -2.54. The number of anilines is 1. The number of hydrogen-bond donors (Lipinski definition) is 1. The summed E-state index contributed by atoms with van der Waals surface area (Å²) in [6.45, 7) is 4.19. The molecular formula is C20H16Cl2N2O2S. The average Bonchev–Trinajstić information content (AvgIpc) is 2.60. The number of amides is 2. The van der Waals surface area contributed by atoms with Crippen LogP contribution in [0.3, 0.4) is 0 Å². The minimum atomic E-state index is -0.542. The Morgan fingerprint density at radius 1 is 1.07 bits per heavy atom. The summed E-state index contributed by atoms with van der Waals surface area (Å²) >= 11 is 17.3. The summed E-state index contributed by atoms with van der Waals surface area (Å²) in [5.41, 5.74) is 2.25. The van der Waals surface area contributed by atoms with Gasteiger partial charge >= 0.3 is 0 Å². The predicted octanol–water partition coefficient (Wildman–Crippen LogP) is 4.95. The molecule has 1 N–H and O–H groups in total. The summed E-state index contributed by atoms with van der Waals surface area (Å²) in [6, 6.07) is 12.4. The van der Waals surface area contributed by atoms with E-state index in [0.717, 1.165) is 5.56 Å². The van der Waals surface area contributed by atoms with Crippen LogP contribution in [-0.2, 0) is 9.59 Å². The highest BCUT2D eigenvalue weighted by Gasteiger charge is 2.35. The predicted molar refractivity (Wildman–Crippen MR) is 113 cm³/mol. The monoisotopic (exact) mass is 418 g/mol. The van der Waals surface area contributed by atoms with Crippen molar-refractivity contribution >= 4 is 64.1 Å². The second-order valence-corrected chi connectivity index (χ2v) is 7.61. The zero-order valence-electron chi connectivity index (χ0n) is 14.6. The Bertz CT molecular complexity index is 968. The molecule has 2 amide bonds. The standard InChI is InChI=1S/C20H16Cl2N2O2S/c1-11(2)13-5-3-12(4-6-13)9-15-18(25)23-20(27)24(19(15)26)17-8-7-14(21)10-16(17)22/h3-11H,1-2H3,(H,23,25,27)/b15-9-. The Morgan fingerprint density at radius 2 is 1.74 bits per heavy atom. The number of nitrogens with zero attached hydrogens (tertiary/aromatic N) is 1. The third-order valence-electron chi connectivity index (χ3n) is 4.17. The minimum absolute atomic E-state index is 0.0214. The van der Waals surface area contributed by atoms with Crippen LogP contribution in [0.5, 0.6) is 0 Å². The van der Waals surface area contributed by atoms with Gasteiger partial charge in [0, 0.05) is 5.02 Å². The maximum absolute atomic E-state index is 13.0. The van der Waals surface area contributed by atoms with E-state index < -0.39 is 11.8 Å². The van der Waals surface area contributed by atoms with Gasteiger partial charge in [-0.05, 0) is 53.5 Å². The maximum atomic E-state index is 13.0. The molecule has 0 saturated carbocycles. The molecule has 0 atom stereocenters. The van der Waals surface area contributed by atoms with Crippen LogP contribution in [-0.4, -0.2) is 16.9 Å². The molecular weight excluding hydrogens is 403 g/mol. The van der Waals surface area contributed by atoms with Crippen molar-refractivity contribution in [2.75, 3.05) is 4.90 Å². The molecule has 1 heterocycles. The van der Waals surface area contributed by atoms with Crippen molar-refractivity contribution in [3.8, 4) is 0 Å². The van der Waals surface area contributed by atoms with Gasteiger partial charge in [0.1, 0.15) is 5.57 Å². The Hall–Kier alpha value is -2.21. The van der Waals surface area contributed by atoms with Gasteiger partial charge in [-0.15, -0.1) is 0 Å². The van der Waals surface area contributed by atoms with E-state index in [2.05, 4.69) is 19.2 Å². The zero-order valence-corrected chi connectivity index (χ0v) is 17.0. The van der Waals surface area contributed by atoms with Crippen LogP contribution >= 0.6 is 35.4 Å². The second kappa shape index (κ2) is 7.80. The molecule has 0 spiro atoms. The molecule has 1 fully saturated rings. The van der Waals surface area contributed by atoms with Crippen molar-refractivity contribution in [3.63, 3.8) is 0 Å². The van der Waals surface area contributed by atoms with E-state index >= 15 is 0 Å². The van der Waals surface area contributed by atoms with Crippen LogP contribution in [0, 0.1) is 0 Å². The molecule has 0 aliphatic carbocycles. The van der Waals surface area contributed by atoms with Crippen molar-refractivity contribution in [2.24, 2.45) is 0 Å². The number of thiocarbonyl (C=S) groups is 1. The van der Waals surface area contributed by atoms with Crippen LogP contribution < -0.4 is 10.2 Å². The lowest BCUT2D eigenvalue weighted by molar-refractivity contribution is -0.122. The third kappa shape index (κ3) is 4.05. The van der Waals surface area contributed by atoms with Crippen molar-refractivity contribution in [1.29, 1.82) is 0 Å². The molecule has 7 heteroatoms. The van der Waals surface area contributed by atoms with Gasteiger partial charge in [0.2, 0.25) is 0 Å². The summed E-state index contributed by atoms with van der Waals surface area (Å²) in [4.78, 5) is 26.5. The minimum Gasteiger partial charge on any atom is -0.298 e. The summed E-state index contributed by atoms with van der Waals surface area (Å²) in [5, 5.41) is 3.21. The van der Waals surface area contributed by atoms with Crippen LogP contribution in [0.25, 0.3) is 6.08 Å². The van der Waals surface area contributed by atoms with Gasteiger partial charge in [-0.25, -0.2) is 0 Å². The van der Waals surface area contributed by atoms with E-state index in [4.69, 9.17) is 35.4 Å². The molecule has 1 aliphatic heterocycles. The first-order valence-corrected chi connectivity index (χ1v) is 9.41. The molecule has 0 aromatic heterocycles. The first-order chi connectivity index (χ1) is 12.8. The Morgan fingerprint density at radius 3 is 2.33 bits per heavy atom. The highest BCUT2D eigenvalue weighted by atomic mass is 35.5. The number of benzene rings is 2. The fraction of sp³-hybridized carbons (Fsp3) is 0.150. The summed E-state index contributed by atoms with van der Waals surface area (Å²) < 4.78 is 0. The Kier molecular flexibility index (Phi) is 5.65. The molecule has 1 aliphatic rings. The third-order valence-corrected chi connectivity index (χ3v) is 4.99. The van der Waals surface area contributed by atoms with Crippen molar-refractivity contribution in [1.82, 2.24) is 5.32 Å². The number of carbonyl (C=O) groups is 2. The van der Waals surface area contributed by atoms with Crippen molar-refractivity contribution in [3.05, 3.63) is 69.2 Å². The zero-order chi connectivity index (χ0) is 19.7. The van der Waals surface area contributed by atoms with Gasteiger partial charge in [0.25, 0.3) is 11.8 Å². The molecule has 2 aromatic carbocycles. The second-order valence-electron chi connectivity index (χ2n) is 6.37. The summed E-state index contributed by atoms with van der Waals surface area (Å²) in [7, 11) is 0. The number of carbonyl (C=O) groups excluding carboxylic acids is 2. The topological polar surface area (TPSA) is 49.4 Å². The van der Waals surface area contributed by atoms with Crippen LogP contribution in [0.15, 0.2) is 48.0 Å². The lowest BCUT2D eigenvalue weighted by Gasteiger charge is -2.29. The lowest BCUT2D eigenvalue weighted by atomic mass is 10.0. The molecule has 3 rings (SSSR count). The van der Waals surface area contributed by atoms with Crippen LogP contribution in [0.4, 0.5) is 5.69 Å². The number of hydrogen-bond acceptors (Lipinski definition) is 3. The first kappa shape index (κ1) is 19.5. The quantitative estimate of drug-likeness (QED) is 0.435. The Balaban J connectivity index is 1.99. The van der Waals surface area contributed by atoms with Gasteiger partial charge in [0.05, 0.1) is 10.7 Å². The normalized spacial score (nSPS) is 16.3. The molecule has 0 bridgehead atoms.